The van der Waals surface area contributed by atoms with Crippen LogP contribution < -0.4 is 10.1 Å². The molecule has 1 heterocycles. The summed E-state index contributed by atoms with van der Waals surface area (Å²) < 4.78 is 10.9. The number of rotatable bonds is 3. The van der Waals surface area contributed by atoms with E-state index in [1.54, 1.807) is 0 Å². The van der Waals surface area contributed by atoms with Gasteiger partial charge in [-0.25, -0.2) is 4.79 Å². The van der Waals surface area contributed by atoms with Crippen molar-refractivity contribution in [2.75, 3.05) is 13.7 Å². The van der Waals surface area contributed by atoms with Crippen LogP contribution in [0.4, 0.5) is 0 Å². The molecule has 1 unspecified atom stereocenters. The lowest BCUT2D eigenvalue weighted by Crippen LogP contribution is -2.35. The van der Waals surface area contributed by atoms with Gasteiger partial charge in [-0.3, -0.25) is 0 Å². The number of carbonyl (C=O) groups is 1. The van der Waals surface area contributed by atoms with Crippen molar-refractivity contribution in [3.8, 4) is 11.5 Å². The molecule has 0 aromatic heterocycles. The van der Waals surface area contributed by atoms with Crippen molar-refractivity contribution in [1.29, 1.82) is 0 Å². The zero-order valence-electron chi connectivity index (χ0n) is 15.7. The fourth-order valence-corrected chi connectivity index (χ4v) is 3.09. The Hall–Kier alpha value is -2.04. The summed E-state index contributed by atoms with van der Waals surface area (Å²) in [4.78, 5) is 11.9. The SMILES string of the molecule is COC(=O)C1NCCc2cc(Oc3ccc(C(C)(C)C)cc3)ccc21.Cl. The lowest BCUT2D eigenvalue weighted by atomic mass is 9.87. The molecule has 2 aromatic carbocycles. The second-order valence-electron chi connectivity index (χ2n) is 7.40. The molecule has 3 rings (SSSR count). The van der Waals surface area contributed by atoms with Crippen LogP contribution in [0.3, 0.4) is 0 Å². The van der Waals surface area contributed by atoms with E-state index in [0.29, 0.717) is 0 Å². The molecule has 1 aliphatic rings. The van der Waals surface area contributed by atoms with E-state index < -0.39 is 6.04 Å². The molecule has 0 saturated heterocycles. The van der Waals surface area contributed by atoms with E-state index in [-0.39, 0.29) is 23.8 Å². The fraction of sp³-hybridized carbons (Fsp3) is 0.381. The van der Waals surface area contributed by atoms with Gasteiger partial charge in [0.05, 0.1) is 7.11 Å². The van der Waals surface area contributed by atoms with Crippen LogP contribution in [0.15, 0.2) is 42.5 Å². The molecule has 1 atom stereocenters. The third kappa shape index (κ3) is 4.37. The Bertz CT molecular complexity index is 766. The van der Waals surface area contributed by atoms with Crippen molar-refractivity contribution >= 4 is 18.4 Å². The Morgan fingerprint density at radius 3 is 2.35 bits per heavy atom. The molecular weight excluding hydrogens is 350 g/mol. The zero-order valence-corrected chi connectivity index (χ0v) is 16.5. The van der Waals surface area contributed by atoms with E-state index in [9.17, 15) is 4.79 Å². The van der Waals surface area contributed by atoms with Crippen LogP contribution in [-0.2, 0) is 21.4 Å². The molecule has 5 heteroatoms. The van der Waals surface area contributed by atoms with Crippen molar-refractivity contribution in [2.24, 2.45) is 0 Å². The minimum atomic E-state index is -0.395. The van der Waals surface area contributed by atoms with Gasteiger partial charge in [0.15, 0.2) is 0 Å². The molecule has 140 valence electrons. The van der Waals surface area contributed by atoms with Crippen molar-refractivity contribution in [3.63, 3.8) is 0 Å². The van der Waals surface area contributed by atoms with E-state index in [2.05, 4.69) is 38.2 Å². The average Bonchev–Trinajstić information content (AvgIpc) is 2.60. The molecule has 0 radical (unpaired) electrons. The highest BCUT2D eigenvalue weighted by atomic mass is 35.5. The number of fused-ring (bicyclic) bond motifs is 1. The number of halogens is 1. The molecule has 2 aromatic rings. The number of benzene rings is 2. The molecular formula is C21H26ClNO3. The van der Waals surface area contributed by atoms with Gasteiger partial charge in [0.1, 0.15) is 17.5 Å². The van der Waals surface area contributed by atoms with Crippen molar-refractivity contribution in [1.82, 2.24) is 5.32 Å². The zero-order chi connectivity index (χ0) is 18.0. The van der Waals surface area contributed by atoms with Gasteiger partial charge in [-0.05, 0) is 52.8 Å². The molecule has 0 amide bonds. The van der Waals surface area contributed by atoms with Crippen LogP contribution in [-0.4, -0.2) is 19.6 Å². The highest BCUT2D eigenvalue weighted by molar-refractivity contribution is 5.85. The first-order valence-corrected chi connectivity index (χ1v) is 8.61. The number of esters is 1. The Morgan fingerprint density at radius 2 is 1.73 bits per heavy atom. The van der Waals surface area contributed by atoms with Crippen LogP contribution in [0.5, 0.6) is 11.5 Å². The van der Waals surface area contributed by atoms with Gasteiger partial charge in [-0.1, -0.05) is 39.0 Å². The van der Waals surface area contributed by atoms with Gasteiger partial charge >= 0.3 is 5.97 Å². The van der Waals surface area contributed by atoms with Crippen molar-refractivity contribution in [2.45, 2.75) is 38.6 Å². The maximum Gasteiger partial charge on any atom is 0.327 e. The largest absolute Gasteiger partial charge is 0.468 e. The van der Waals surface area contributed by atoms with E-state index in [4.69, 9.17) is 9.47 Å². The first-order chi connectivity index (χ1) is 11.9. The molecule has 0 bridgehead atoms. The average molecular weight is 376 g/mol. The molecule has 1 N–H and O–H groups in total. The molecule has 4 nitrogen and oxygen atoms in total. The van der Waals surface area contributed by atoms with Crippen LogP contribution in [0.25, 0.3) is 0 Å². The number of methoxy groups -OCH3 is 1. The Balaban J connectivity index is 0.00000243. The normalized spacial score (nSPS) is 16.2. The minimum absolute atomic E-state index is 0. The number of hydrogen-bond donors (Lipinski definition) is 1. The van der Waals surface area contributed by atoms with Gasteiger partial charge < -0.3 is 14.8 Å². The topological polar surface area (TPSA) is 47.6 Å². The van der Waals surface area contributed by atoms with Crippen LogP contribution in [0, 0.1) is 0 Å². The lowest BCUT2D eigenvalue weighted by Gasteiger charge is -2.25. The van der Waals surface area contributed by atoms with Crippen molar-refractivity contribution in [3.05, 3.63) is 59.2 Å². The standard InChI is InChI=1S/C21H25NO3.ClH/c1-21(2,3)15-5-7-16(8-6-15)25-17-9-10-18-14(13-17)11-12-22-19(18)20(23)24-4;/h5-10,13,19,22H,11-12H2,1-4H3;1H. The van der Waals surface area contributed by atoms with Crippen molar-refractivity contribution < 1.29 is 14.3 Å². The summed E-state index contributed by atoms with van der Waals surface area (Å²) in [6, 6.07) is 13.7. The molecule has 0 fully saturated rings. The Kier molecular flexibility index (Phi) is 6.32. The summed E-state index contributed by atoms with van der Waals surface area (Å²) in [7, 11) is 1.41. The molecule has 0 spiro atoms. The van der Waals surface area contributed by atoms with Crippen LogP contribution >= 0.6 is 12.4 Å². The highest BCUT2D eigenvalue weighted by Gasteiger charge is 2.27. The smallest absolute Gasteiger partial charge is 0.327 e. The third-order valence-electron chi connectivity index (χ3n) is 4.56. The summed E-state index contributed by atoms with van der Waals surface area (Å²) in [5.74, 6) is 1.34. The summed E-state index contributed by atoms with van der Waals surface area (Å²) in [5, 5.41) is 3.20. The molecule has 0 aliphatic carbocycles. The first kappa shape index (κ1) is 20.3. The Morgan fingerprint density at radius 1 is 1.08 bits per heavy atom. The van der Waals surface area contributed by atoms with E-state index in [0.717, 1.165) is 35.6 Å². The van der Waals surface area contributed by atoms with Gasteiger partial charge in [0.2, 0.25) is 0 Å². The summed E-state index contributed by atoms with van der Waals surface area (Å²) in [5.41, 5.74) is 3.49. The van der Waals surface area contributed by atoms with Crippen LogP contribution in [0.2, 0.25) is 0 Å². The molecule has 26 heavy (non-hydrogen) atoms. The maximum absolute atomic E-state index is 11.9. The van der Waals surface area contributed by atoms with Gasteiger partial charge in [0.25, 0.3) is 0 Å². The number of hydrogen-bond acceptors (Lipinski definition) is 4. The van der Waals surface area contributed by atoms with Gasteiger partial charge in [0, 0.05) is 6.54 Å². The predicted molar refractivity (Wildman–Crippen MR) is 105 cm³/mol. The number of nitrogens with one attached hydrogen (secondary N) is 1. The predicted octanol–water partition coefficient (Wildman–Crippen LogP) is 4.56. The second kappa shape index (κ2) is 8.11. The van der Waals surface area contributed by atoms with E-state index in [1.165, 1.54) is 12.7 Å². The maximum atomic E-state index is 11.9. The van der Waals surface area contributed by atoms with Gasteiger partial charge in [-0.2, -0.15) is 0 Å². The third-order valence-corrected chi connectivity index (χ3v) is 4.56. The fourth-order valence-electron chi connectivity index (χ4n) is 3.09. The lowest BCUT2D eigenvalue weighted by molar-refractivity contribution is -0.143. The summed E-state index contributed by atoms with van der Waals surface area (Å²) in [6.45, 7) is 7.32. The minimum Gasteiger partial charge on any atom is -0.468 e. The monoisotopic (exact) mass is 375 g/mol. The first-order valence-electron chi connectivity index (χ1n) is 8.61. The van der Waals surface area contributed by atoms with Crippen LogP contribution in [0.1, 0.15) is 43.5 Å². The molecule has 0 saturated carbocycles. The Labute approximate surface area is 161 Å². The summed E-state index contributed by atoms with van der Waals surface area (Å²) >= 11 is 0. The van der Waals surface area contributed by atoms with E-state index >= 15 is 0 Å². The highest BCUT2D eigenvalue weighted by Crippen LogP contribution is 2.31. The van der Waals surface area contributed by atoms with E-state index in [1.807, 2.05) is 30.3 Å². The quantitative estimate of drug-likeness (QED) is 0.799. The summed E-state index contributed by atoms with van der Waals surface area (Å²) in [6.07, 6.45) is 0.864. The van der Waals surface area contributed by atoms with Gasteiger partial charge in [-0.15, -0.1) is 12.4 Å². The second-order valence-corrected chi connectivity index (χ2v) is 7.40. The number of carbonyl (C=O) groups excluding carboxylic acids is 1. The number of ether oxygens (including phenoxy) is 2. The molecule has 1 aliphatic heterocycles.